The highest BCUT2D eigenvalue weighted by Crippen LogP contribution is 2.24. The van der Waals surface area contributed by atoms with Crippen molar-refractivity contribution >= 4 is 22.2 Å². The number of hydrogen-bond donors (Lipinski definition) is 0. The molecule has 1 aliphatic carbocycles. The van der Waals surface area contributed by atoms with Crippen molar-refractivity contribution in [2.24, 2.45) is 12.0 Å². The van der Waals surface area contributed by atoms with Gasteiger partial charge >= 0.3 is 0 Å². The molecule has 2 aromatic heterocycles. The van der Waals surface area contributed by atoms with E-state index in [0.717, 1.165) is 26.3 Å². The first-order valence-electron chi connectivity index (χ1n) is 8.23. The first-order valence-corrected chi connectivity index (χ1v) is 9.04. The van der Waals surface area contributed by atoms with Gasteiger partial charge in [-0.2, -0.15) is 5.10 Å². The normalized spacial score (nSPS) is 17.0. The Labute approximate surface area is 139 Å². The molecule has 0 saturated heterocycles. The van der Waals surface area contributed by atoms with Crippen molar-refractivity contribution < 1.29 is 0 Å². The molecule has 0 N–H and O–H groups in total. The van der Waals surface area contributed by atoms with Crippen molar-refractivity contribution in [3.05, 3.63) is 41.3 Å². The molecule has 5 heteroatoms. The Balaban J connectivity index is 1.71. The highest BCUT2D eigenvalue weighted by atomic mass is 32.1. The number of hydrogen-bond acceptors (Lipinski definition) is 4. The summed E-state index contributed by atoms with van der Waals surface area (Å²) in [5.74, 6) is 0. The molecule has 4 rings (SSSR count). The minimum atomic E-state index is 0.476. The van der Waals surface area contributed by atoms with Crippen LogP contribution < -0.4 is 4.80 Å². The molecule has 118 valence electrons. The summed E-state index contributed by atoms with van der Waals surface area (Å²) in [5, 5.41) is 6.84. The maximum Gasteiger partial charge on any atom is 0.203 e. The summed E-state index contributed by atoms with van der Waals surface area (Å²) < 4.78 is 1.92. The van der Waals surface area contributed by atoms with E-state index in [1.807, 2.05) is 24.0 Å². The molecule has 1 saturated carbocycles. The zero-order valence-electron chi connectivity index (χ0n) is 13.3. The minimum Gasteiger partial charge on any atom is -0.256 e. The molecule has 0 spiro atoms. The van der Waals surface area contributed by atoms with Crippen LogP contribution in [0.25, 0.3) is 21.5 Å². The zero-order chi connectivity index (χ0) is 15.6. The number of aromatic nitrogens is 3. The molecule has 1 aromatic carbocycles. The van der Waals surface area contributed by atoms with Gasteiger partial charge in [0, 0.05) is 24.2 Å². The van der Waals surface area contributed by atoms with E-state index < -0.39 is 0 Å². The third kappa shape index (κ3) is 3.06. The predicted octanol–water partition coefficient (Wildman–Crippen LogP) is 3.93. The van der Waals surface area contributed by atoms with E-state index in [1.54, 1.807) is 11.3 Å². The molecule has 23 heavy (non-hydrogen) atoms. The Morgan fingerprint density at radius 1 is 1.17 bits per heavy atom. The van der Waals surface area contributed by atoms with Crippen LogP contribution in [0.5, 0.6) is 0 Å². The molecule has 0 unspecified atom stereocenters. The molecule has 1 aliphatic rings. The molecule has 0 atom stereocenters. The standard InChI is InChI=1S/C18H20N4S/c1-22-18(20-15-7-3-2-4-8-15)23-17(21-22)14-9-10-16-13(12-14)6-5-11-19-16/h5-6,9-12,15H,2-4,7-8H2,1H3. The minimum absolute atomic E-state index is 0.476. The highest BCUT2D eigenvalue weighted by molar-refractivity contribution is 7.12. The maximum atomic E-state index is 4.93. The third-order valence-corrected chi connectivity index (χ3v) is 5.49. The number of nitrogens with zero attached hydrogens (tertiary/aromatic N) is 4. The van der Waals surface area contributed by atoms with Gasteiger partial charge in [-0.05, 0) is 37.1 Å². The van der Waals surface area contributed by atoms with Gasteiger partial charge in [-0.15, -0.1) is 0 Å². The first-order chi connectivity index (χ1) is 11.3. The predicted molar refractivity (Wildman–Crippen MR) is 94.3 cm³/mol. The summed E-state index contributed by atoms with van der Waals surface area (Å²) in [6.45, 7) is 0. The maximum absolute atomic E-state index is 4.93. The van der Waals surface area contributed by atoms with Gasteiger partial charge in [-0.3, -0.25) is 9.98 Å². The van der Waals surface area contributed by atoms with E-state index >= 15 is 0 Å². The van der Waals surface area contributed by atoms with E-state index in [2.05, 4.69) is 34.3 Å². The van der Waals surface area contributed by atoms with Gasteiger partial charge in [0.25, 0.3) is 0 Å². The Morgan fingerprint density at radius 2 is 2.04 bits per heavy atom. The molecule has 1 fully saturated rings. The second kappa shape index (κ2) is 6.24. The second-order valence-corrected chi connectivity index (χ2v) is 7.10. The fraction of sp³-hybridized carbons (Fsp3) is 0.389. The fourth-order valence-corrected chi connectivity index (χ4v) is 4.11. The summed E-state index contributed by atoms with van der Waals surface area (Å²) in [6, 6.07) is 10.8. The van der Waals surface area contributed by atoms with Gasteiger partial charge in [-0.1, -0.05) is 36.7 Å². The Morgan fingerprint density at radius 3 is 2.91 bits per heavy atom. The number of aryl methyl sites for hydroxylation is 1. The van der Waals surface area contributed by atoms with E-state index in [0.29, 0.717) is 6.04 Å². The topological polar surface area (TPSA) is 43.1 Å². The third-order valence-electron chi connectivity index (χ3n) is 4.42. The molecular weight excluding hydrogens is 304 g/mol. The average molecular weight is 324 g/mol. The van der Waals surface area contributed by atoms with Gasteiger partial charge in [0.15, 0.2) is 0 Å². The van der Waals surface area contributed by atoms with Crippen molar-refractivity contribution in [2.45, 2.75) is 38.1 Å². The largest absolute Gasteiger partial charge is 0.256 e. The Hall–Kier alpha value is -2.01. The molecule has 4 nitrogen and oxygen atoms in total. The quantitative estimate of drug-likeness (QED) is 0.717. The van der Waals surface area contributed by atoms with Crippen molar-refractivity contribution in [1.82, 2.24) is 14.8 Å². The van der Waals surface area contributed by atoms with Gasteiger partial charge in [0.1, 0.15) is 5.01 Å². The molecule has 0 aliphatic heterocycles. The van der Waals surface area contributed by atoms with Crippen molar-refractivity contribution in [1.29, 1.82) is 0 Å². The Kier molecular flexibility index (Phi) is 3.95. The molecule has 0 amide bonds. The zero-order valence-corrected chi connectivity index (χ0v) is 14.1. The highest BCUT2D eigenvalue weighted by Gasteiger charge is 2.13. The lowest BCUT2D eigenvalue weighted by atomic mass is 9.96. The molecule has 2 heterocycles. The summed E-state index contributed by atoms with van der Waals surface area (Å²) in [5.41, 5.74) is 2.15. The second-order valence-electron chi connectivity index (χ2n) is 6.15. The van der Waals surface area contributed by atoms with Crippen molar-refractivity contribution in [3.8, 4) is 10.6 Å². The number of benzene rings is 1. The van der Waals surface area contributed by atoms with Crippen LogP contribution in [-0.2, 0) is 7.05 Å². The lowest BCUT2D eigenvalue weighted by Crippen LogP contribution is -2.18. The van der Waals surface area contributed by atoms with Crippen molar-refractivity contribution in [2.75, 3.05) is 0 Å². The van der Waals surface area contributed by atoms with Crippen LogP contribution in [0.15, 0.2) is 41.5 Å². The summed E-state index contributed by atoms with van der Waals surface area (Å²) in [7, 11) is 1.99. The first kappa shape index (κ1) is 14.6. The molecule has 0 bridgehead atoms. The SMILES string of the molecule is Cn1nc(-c2ccc3ncccc3c2)sc1=NC1CCCCC1. The average Bonchev–Trinajstić information content (AvgIpc) is 2.96. The lowest BCUT2D eigenvalue weighted by molar-refractivity contribution is 0.434. The number of pyridine rings is 1. The van der Waals surface area contributed by atoms with Gasteiger partial charge in [0.2, 0.25) is 4.80 Å². The van der Waals surface area contributed by atoms with Gasteiger partial charge < -0.3 is 0 Å². The van der Waals surface area contributed by atoms with Crippen LogP contribution in [0.1, 0.15) is 32.1 Å². The number of rotatable bonds is 2. The van der Waals surface area contributed by atoms with Crippen LogP contribution in [0.3, 0.4) is 0 Å². The van der Waals surface area contributed by atoms with Crippen LogP contribution in [0, 0.1) is 0 Å². The fourth-order valence-electron chi connectivity index (χ4n) is 3.15. The summed E-state index contributed by atoms with van der Waals surface area (Å²) >= 11 is 1.68. The monoisotopic (exact) mass is 324 g/mol. The molecule has 0 radical (unpaired) electrons. The lowest BCUT2D eigenvalue weighted by Gasteiger charge is -2.16. The summed E-state index contributed by atoms with van der Waals surface area (Å²) in [6.07, 6.45) is 8.23. The molecular formula is C18H20N4S. The summed E-state index contributed by atoms with van der Waals surface area (Å²) in [4.78, 5) is 10.3. The van der Waals surface area contributed by atoms with E-state index in [1.165, 1.54) is 32.1 Å². The van der Waals surface area contributed by atoms with E-state index in [9.17, 15) is 0 Å². The van der Waals surface area contributed by atoms with Crippen LogP contribution in [0.4, 0.5) is 0 Å². The van der Waals surface area contributed by atoms with Gasteiger partial charge in [0.05, 0.1) is 11.6 Å². The molecule has 3 aromatic rings. The van der Waals surface area contributed by atoms with Crippen LogP contribution in [0.2, 0.25) is 0 Å². The number of fused-ring (bicyclic) bond motifs is 1. The van der Waals surface area contributed by atoms with Crippen LogP contribution in [-0.4, -0.2) is 20.8 Å². The smallest absolute Gasteiger partial charge is 0.203 e. The van der Waals surface area contributed by atoms with E-state index in [4.69, 9.17) is 4.99 Å². The van der Waals surface area contributed by atoms with Gasteiger partial charge in [-0.25, -0.2) is 4.68 Å². The van der Waals surface area contributed by atoms with E-state index in [-0.39, 0.29) is 0 Å². The van der Waals surface area contributed by atoms with Crippen molar-refractivity contribution in [3.63, 3.8) is 0 Å². The van der Waals surface area contributed by atoms with Crippen LogP contribution >= 0.6 is 11.3 Å². The Bertz CT molecular complexity index is 887.